The summed E-state index contributed by atoms with van der Waals surface area (Å²) in [7, 11) is 0. The molecule has 3 heterocycles. The van der Waals surface area contributed by atoms with Gasteiger partial charge in [-0.15, -0.1) is 0 Å². The van der Waals surface area contributed by atoms with Gasteiger partial charge in [-0.3, -0.25) is 0 Å². The number of aromatic nitrogens is 2. The van der Waals surface area contributed by atoms with Crippen molar-refractivity contribution in [3.05, 3.63) is 72.1 Å². The first-order valence-electron chi connectivity index (χ1n) is 11.5. The predicted octanol–water partition coefficient (Wildman–Crippen LogP) is 5.20. The molecule has 0 aliphatic carbocycles. The van der Waals surface area contributed by atoms with Crippen molar-refractivity contribution in [1.82, 2.24) is 9.13 Å². The average molecular weight is 463 g/mol. The quantitative estimate of drug-likeness (QED) is 0.204. The smallest absolute Gasteiger partial charge is 0.347 e. The fourth-order valence-corrected chi connectivity index (χ4v) is 4.80. The van der Waals surface area contributed by atoms with Gasteiger partial charge in [0, 0.05) is 71.3 Å². The molecule has 7 heteroatoms. The molecule has 1 aliphatic heterocycles. The third-order valence-electron chi connectivity index (χ3n) is 6.33. The second-order valence-corrected chi connectivity index (χ2v) is 8.46. The molecule has 0 saturated heterocycles. The standard InChI is InChI=1S/C28H22N4O3/c29-13-5-7-15-31-17-21(19-9-1-3-11-23(19)31)25-26(28(34)35-27(25)33)22-18-32(16-8-6-14-30)24-12-4-2-10-20(22)24/h1-4,9-12,17-18H,5-8,15-16H2. The number of nitrogens with zero attached hydrogens (tertiary/aromatic N) is 4. The summed E-state index contributed by atoms with van der Waals surface area (Å²) in [5.41, 5.74) is 3.65. The zero-order valence-corrected chi connectivity index (χ0v) is 19.0. The molecule has 0 fully saturated rings. The van der Waals surface area contributed by atoms with Crippen LogP contribution in [0, 0.1) is 22.7 Å². The summed E-state index contributed by atoms with van der Waals surface area (Å²) in [6.07, 6.45) is 5.98. The second kappa shape index (κ2) is 9.32. The van der Waals surface area contributed by atoms with Gasteiger partial charge in [-0.05, 0) is 25.0 Å². The number of aryl methyl sites for hydroxylation is 2. The van der Waals surface area contributed by atoms with Crippen LogP contribution in [-0.4, -0.2) is 21.1 Å². The molecule has 5 rings (SSSR count). The summed E-state index contributed by atoms with van der Waals surface area (Å²) in [4.78, 5) is 26.1. The Labute approximate surface area is 202 Å². The van der Waals surface area contributed by atoms with Gasteiger partial charge in [0.1, 0.15) is 0 Å². The highest BCUT2D eigenvalue weighted by atomic mass is 16.6. The van der Waals surface area contributed by atoms with Crippen LogP contribution in [0.15, 0.2) is 60.9 Å². The number of hydrogen-bond acceptors (Lipinski definition) is 5. The van der Waals surface area contributed by atoms with E-state index < -0.39 is 11.9 Å². The summed E-state index contributed by atoms with van der Waals surface area (Å²) in [6, 6.07) is 19.8. The number of nitriles is 2. The molecule has 0 atom stereocenters. The number of unbranched alkanes of at least 4 members (excludes halogenated alkanes) is 2. The van der Waals surface area contributed by atoms with Crippen molar-refractivity contribution in [3.63, 3.8) is 0 Å². The van der Waals surface area contributed by atoms with E-state index in [1.54, 1.807) is 0 Å². The van der Waals surface area contributed by atoms with Crippen LogP contribution in [0.1, 0.15) is 36.8 Å². The predicted molar refractivity (Wildman–Crippen MR) is 131 cm³/mol. The number of para-hydroxylation sites is 2. The maximum Gasteiger partial charge on any atom is 0.347 e. The fourth-order valence-electron chi connectivity index (χ4n) is 4.80. The third-order valence-corrected chi connectivity index (χ3v) is 6.33. The Hall–Kier alpha value is -4.62. The first-order valence-corrected chi connectivity index (χ1v) is 11.5. The number of benzene rings is 2. The van der Waals surface area contributed by atoms with Crippen molar-refractivity contribution in [2.24, 2.45) is 0 Å². The van der Waals surface area contributed by atoms with E-state index in [4.69, 9.17) is 15.3 Å². The minimum Gasteiger partial charge on any atom is -0.386 e. The lowest BCUT2D eigenvalue weighted by Gasteiger charge is -2.02. The van der Waals surface area contributed by atoms with E-state index in [1.807, 2.05) is 70.1 Å². The van der Waals surface area contributed by atoms with Gasteiger partial charge in [-0.1, -0.05) is 36.4 Å². The molecule has 0 unspecified atom stereocenters. The SMILES string of the molecule is N#CCCCn1cc(C2=C(c3cn(CCCC#N)c4ccccc34)C(=O)OC2=O)c2ccccc21. The van der Waals surface area contributed by atoms with Crippen molar-refractivity contribution in [1.29, 1.82) is 10.5 Å². The van der Waals surface area contributed by atoms with Crippen LogP contribution in [0.25, 0.3) is 33.0 Å². The molecule has 7 nitrogen and oxygen atoms in total. The Kier molecular flexibility index (Phi) is 5.91. The minimum atomic E-state index is -0.661. The van der Waals surface area contributed by atoms with Crippen molar-refractivity contribution in [3.8, 4) is 12.1 Å². The molecule has 35 heavy (non-hydrogen) atoms. The third kappa shape index (κ3) is 3.88. The van der Waals surface area contributed by atoms with E-state index in [-0.39, 0.29) is 11.1 Å². The Morgan fingerprint density at radius 3 is 1.54 bits per heavy atom. The molecular weight excluding hydrogens is 440 g/mol. The molecule has 2 aromatic carbocycles. The molecule has 172 valence electrons. The van der Waals surface area contributed by atoms with Gasteiger partial charge < -0.3 is 13.9 Å². The number of rotatable bonds is 8. The maximum absolute atomic E-state index is 13.0. The Bertz CT molecular complexity index is 1470. The van der Waals surface area contributed by atoms with E-state index in [2.05, 4.69) is 12.1 Å². The molecule has 2 aromatic heterocycles. The van der Waals surface area contributed by atoms with Crippen LogP contribution in [0.3, 0.4) is 0 Å². The van der Waals surface area contributed by atoms with Gasteiger partial charge in [-0.2, -0.15) is 10.5 Å². The van der Waals surface area contributed by atoms with E-state index >= 15 is 0 Å². The van der Waals surface area contributed by atoms with Crippen molar-refractivity contribution in [2.45, 2.75) is 38.8 Å². The average Bonchev–Trinajstić information content (AvgIpc) is 3.50. The highest BCUT2D eigenvalue weighted by molar-refractivity contribution is 6.46. The molecule has 0 radical (unpaired) electrons. The summed E-state index contributed by atoms with van der Waals surface area (Å²) in [6.45, 7) is 1.25. The first kappa shape index (κ1) is 22.2. The maximum atomic E-state index is 13.0. The summed E-state index contributed by atoms with van der Waals surface area (Å²) >= 11 is 0. The van der Waals surface area contributed by atoms with Crippen LogP contribution in [-0.2, 0) is 27.4 Å². The lowest BCUT2D eigenvalue weighted by atomic mass is 9.95. The van der Waals surface area contributed by atoms with Gasteiger partial charge in [-0.25, -0.2) is 9.59 Å². The molecule has 0 saturated carbocycles. The number of ether oxygens (including phenoxy) is 1. The van der Waals surface area contributed by atoms with Gasteiger partial charge in [0.2, 0.25) is 0 Å². The number of carbonyl (C=O) groups is 2. The molecule has 4 aromatic rings. The Morgan fingerprint density at radius 2 is 1.11 bits per heavy atom. The van der Waals surface area contributed by atoms with Gasteiger partial charge in [0.05, 0.1) is 23.3 Å². The highest BCUT2D eigenvalue weighted by Crippen LogP contribution is 2.40. The summed E-state index contributed by atoms with van der Waals surface area (Å²) in [5.74, 6) is -1.32. The van der Waals surface area contributed by atoms with Crippen LogP contribution in [0.2, 0.25) is 0 Å². The van der Waals surface area contributed by atoms with Crippen molar-refractivity contribution in [2.75, 3.05) is 0 Å². The molecular formula is C28H22N4O3. The number of carbonyl (C=O) groups excluding carboxylic acids is 2. The summed E-state index contributed by atoms with van der Waals surface area (Å²) in [5, 5.41) is 19.6. The fraction of sp³-hybridized carbons (Fsp3) is 0.214. The van der Waals surface area contributed by atoms with Crippen LogP contribution >= 0.6 is 0 Å². The number of fused-ring (bicyclic) bond motifs is 2. The minimum absolute atomic E-state index is 0.255. The largest absolute Gasteiger partial charge is 0.386 e. The first-order chi connectivity index (χ1) is 17.1. The van der Waals surface area contributed by atoms with E-state index in [0.717, 1.165) is 21.8 Å². The second-order valence-electron chi connectivity index (χ2n) is 8.46. The number of esters is 2. The normalized spacial score (nSPS) is 13.4. The lowest BCUT2D eigenvalue weighted by molar-refractivity contribution is -0.149. The molecule has 0 spiro atoms. The van der Waals surface area contributed by atoms with Crippen LogP contribution in [0.4, 0.5) is 0 Å². The Balaban J connectivity index is 1.71. The van der Waals surface area contributed by atoms with Crippen molar-refractivity contribution < 1.29 is 14.3 Å². The van der Waals surface area contributed by atoms with Gasteiger partial charge >= 0.3 is 11.9 Å². The molecule has 0 bridgehead atoms. The van der Waals surface area contributed by atoms with Crippen LogP contribution in [0.5, 0.6) is 0 Å². The van der Waals surface area contributed by atoms with E-state index in [9.17, 15) is 9.59 Å². The lowest BCUT2D eigenvalue weighted by Crippen LogP contribution is -2.02. The molecule has 0 N–H and O–H groups in total. The zero-order chi connectivity index (χ0) is 24.4. The zero-order valence-electron chi connectivity index (χ0n) is 19.0. The van der Waals surface area contributed by atoms with E-state index in [1.165, 1.54) is 0 Å². The van der Waals surface area contributed by atoms with Crippen molar-refractivity contribution >= 4 is 44.9 Å². The molecule has 1 aliphatic rings. The van der Waals surface area contributed by atoms with E-state index in [0.29, 0.717) is 49.9 Å². The summed E-state index contributed by atoms with van der Waals surface area (Å²) < 4.78 is 9.20. The van der Waals surface area contributed by atoms with Gasteiger partial charge in [0.25, 0.3) is 0 Å². The topological polar surface area (TPSA) is 101 Å². The van der Waals surface area contributed by atoms with Crippen LogP contribution < -0.4 is 0 Å². The van der Waals surface area contributed by atoms with Gasteiger partial charge in [0.15, 0.2) is 0 Å². The number of cyclic esters (lactones) is 2. The monoisotopic (exact) mass is 462 g/mol. The number of hydrogen-bond donors (Lipinski definition) is 0. The highest BCUT2D eigenvalue weighted by Gasteiger charge is 2.37. The Morgan fingerprint density at radius 1 is 0.686 bits per heavy atom. The molecule has 0 amide bonds.